The number of aryl methyl sites for hydroxylation is 1. The Bertz CT molecular complexity index is 978. The second-order valence-electron chi connectivity index (χ2n) is 6.11. The van der Waals surface area contributed by atoms with E-state index in [4.69, 9.17) is 0 Å². The molecule has 5 nitrogen and oxygen atoms in total. The van der Waals surface area contributed by atoms with E-state index in [0.29, 0.717) is 6.07 Å². The number of amides is 1. The molecule has 1 aliphatic heterocycles. The monoisotopic (exact) mass is 412 g/mol. The van der Waals surface area contributed by atoms with Crippen molar-refractivity contribution in [3.05, 3.63) is 57.8 Å². The van der Waals surface area contributed by atoms with Crippen LogP contribution in [0.5, 0.6) is 0 Å². The molecule has 1 fully saturated rings. The number of hydrogen-bond acceptors (Lipinski definition) is 4. The molecule has 0 radical (unpaired) electrons. The Kier molecular flexibility index (Phi) is 5.73. The van der Waals surface area contributed by atoms with Crippen LogP contribution in [0.1, 0.15) is 10.4 Å². The van der Waals surface area contributed by atoms with E-state index in [1.807, 2.05) is 18.4 Å². The lowest BCUT2D eigenvalue weighted by Gasteiger charge is -2.33. The fourth-order valence-electron chi connectivity index (χ4n) is 2.77. The van der Waals surface area contributed by atoms with E-state index in [0.717, 1.165) is 26.9 Å². The van der Waals surface area contributed by atoms with Gasteiger partial charge in [0, 0.05) is 37.1 Å². The molecule has 0 atom stereocenters. The lowest BCUT2D eigenvalue weighted by molar-refractivity contribution is -0.127. The molecule has 3 rings (SSSR count). The van der Waals surface area contributed by atoms with Crippen LogP contribution < -0.4 is 0 Å². The Morgan fingerprint density at radius 1 is 1.15 bits per heavy atom. The average Bonchev–Trinajstić information content (AvgIpc) is 3.06. The first kappa shape index (κ1) is 19.7. The van der Waals surface area contributed by atoms with Crippen LogP contribution in [0.4, 0.5) is 8.78 Å². The van der Waals surface area contributed by atoms with Crippen molar-refractivity contribution in [3.63, 3.8) is 0 Å². The summed E-state index contributed by atoms with van der Waals surface area (Å²) in [7, 11) is -4.15. The van der Waals surface area contributed by atoms with Gasteiger partial charge in [0.15, 0.2) is 0 Å². The number of sulfonamides is 1. The molecule has 0 bridgehead atoms. The van der Waals surface area contributed by atoms with Crippen molar-refractivity contribution in [2.24, 2.45) is 0 Å². The van der Waals surface area contributed by atoms with Gasteiger partial charge < -0.3 is 4.90 Å². The zero-order valence-corrected chi connectivity index (χ0v) is 16.2. The number of nitrogens with zero attached hydrogens (tertiary/aromatic N) is 2. The second-order valence-corrected chi connectivity index (χ2v) is 8.96. The van der Waals surface area contributed by atoms with E-state index in [1.54, 1.807) is 6.08 Å². The van der Waals surface area contributed by atoms with Crippen LogP contribution in [0.15, 0.2) is 40.6 Å². The van der Waals surface area contributed by atoms with Crippen molar-refractivity contribution in [2.75, 3.05) is 26.2 Å². The molecule has 1 aliphatic rings. The standard InChI is InChI=1S/C18H18F2N2O3S2/c1-13-6-11-26-16(13)4-5-18(23)21-7-9-22(10-8-21)27(24,25)17-12-14(19)2-3-15(17)20/h2-6,11-12H,7-10H2,1H3/b5-4+. The van der Waals surface area contributed by atoms with Gasteiger partial charge in [0.2, 0.25) is 15.9 Å². The van der Waals surface area contributed by atoms with Gasteiger partial charge in [-0.3, -0.25) is 4.79 Å². The summed E-state index contributed by atoms with van der Waals surface area (Å²) < 4.78 is 53.4. The van der Waals surface area contributed by atoms with Crippen molar-refractivity contribution in [3.8, 4) is 0 Å². The third kappa shape index (κ3) is 4.26. The molecule has 1 amide bonds. The van der Waals surface area contributed by atoms with Crippen LogP contribution in [0.25, 0.3) is 6.08 Å². The van der Waals surface area contributed by atoms with Gasteiger partial charge in [-0.05, 0) is 48.2 Å². The molecule has 144 valence electrons. The third-order valence-corrected chi connectivity index (χ3v) is 7.24. The minimum absolute atomic E-state index is 0.0237. The third-order valence-electron chi connectivity index (χ3n) is 4.34. The highest BCUT2D eigenvalue weighted by atomic mass is 32.2. The lowest BCUT2D eigenvalue weighted by atomic mass is 10.2. The topological polar surface area (TPSA) is 57.7 Å². The van der Waals surface area contributed by atoms with Crippen LogP contribution in [-0.4, -0.2) is 49.7 Å². The molecular weight excluding hydrogens is 394 g/mol. The summed E-state index contributed by atoms with van der Waals surface area (Å²) in [5, 5.41) is 1.94. The molecule has 0 unspecified atom stereocenters. The summed E-state index contributed by atoms with van der Waals surface area (Å²) in [4.78, 5) is 14.1. The van der Waals surface area contributed by atoms with Gasteiger partial charge in [0.1, 0.15) is 16.5 Å². The van der Waals surface area contributed by atoms with E-state index < -0.39 is 26.6 Å². The molecule has 0 spiro atoms. The first-order valence-electron chi connectivity index (χ1n) is 8.25. The van der Waals surface area contributed by atoms with E-state index >= 15 is 0 Å². The second kappa shape index (κ2) is 7.87. The van der Waals surface area contributed by atoms with Crippen LogP contribution in [0.2, 0.25) is 0 Å². The van der Waals surface area contributed by atoms with E-state index in [1.165, 1.54) is 22.3 Å². The van der Waals surface area contributed by atoms with E-state index in [2.05, 4.69) is 0 Å². The summed E-state index contributed by atoms with van der Waals surface area (Å²) in [6, 6.07) is 4.30. The Hall–Kier alpha value is -2.10. The molecule has 1 aromatic heterocycles. The Balaban J connectivity index is 1.66. The Labute approximate surface area is 160 Å². The van der Waals surface area contributed by atoms with Gasteiger partial charge in [-0.25, -0.2) is 17.2 Å². The molecule has 1 aromatic carbocycles. The number of rotatable bonds is 4. The molecular formula is C18H18F2N2O3S2. The molecule has 0 aliphatic carbocycles. The van der Waals surface area contributed by atoms with Gasteiger partial charge >= 0.3 is 0 Å². The highest BCUT2D eigenvalue weighted by Gasteiger charge is 2.31. The smallest absolute Gasteiger partial charge is 0.246 e. The first-order valence-corrected chi connectivity index (χ1v) is 10.6. The number of hydrogen-bond donors (Lipinski definition) is 0. The quantitative estimate of drug-likeness (QED) is 0.726. The SMILES string of the molecule is Cc1ccsc1/C=C/C(=O)N1CCN(S(=O)(=O)c2cc(F)ccc2F)CC1. The Morgan fingerprint density at radius 2 is 1.85 bits per heavy atom. The summed E-state index contributed by atoms with van der Waals surface area (Å²) in [6.07, 6.45) is 3.21. The summed E-state index contributed by atoms with van der Waals surface area (Å²) in [5.41, 5.74) is 1.08. The number of carbonyl (C=O) groups excluding carboxylic acids is 1. The van der Waals surface area contributed by atoms with Crippen molar-refractivity contribution >= 4 is 33.3 Å². The fourth-order valence-corrected chi connectivity index (χ4v) is 5.09. The molecule has 9 heteroatoms. The summed E-state index contributed by atoms with van der Waals surface area (Å²) in [6.45, 7) is 2.37. The van der Waals surface area contributed by atoms with Crippen LogP contribution in [-0.2, 0) is 14.8 Å². The van der Waals surface area contributed by atoms with Crippen LogP contribution in [0, 0.1) is 18.6 Å². The largest absolute Gasteiger partial charge is 0.337 e. The fraction of sp³-hybridized carbons (Fsp3) is 0.278. The van der Waals surface area contributed by atoms with Crippen LogP contribution in [0.3, 0.4) is 0 Å². The van der Waals surface area contributed by atoms with Gasteiger partial charge in [-0.15, -0.1) is 11.3 Å². The van der Waals surface area contributed by atoms with Crippen LogP contribution >= 0.6 is 11.3 Å². The maximum atomic E-state index is 13.8. The van der Waals surface area contributed by atoms with E-state index in [-0.39, 0.29) is 32.1 Å². The minimum atomic E-state index is -4.15. The van der Waals surface area contributed by atoms with Gasteiger partial charge in [0.05, 0.1) is 0 Å². The predicted octanol–water partition coefficient (Wildman–Crippen LogP) is 2.88. The highest BCUT2D eigenvalue weighted by molar-refractivity contribution is 7.89. The lowest BCUT2D eigenvalue weighted by Crippen LogP contribution is -2.50. The average molecular weight is 412 g/mol. The molecule has 27 heavy (non-hydrogen) atoms. The Morgan fingerprint density at radius 3 is 2.48 bits per heavy atom. The first-order chi connectivity index (χ1) is 12.8. The van der Waals surface area contributed by atoms with Gasteiger partial charge in [-0.2, -0.15) is 4.31 Å². The number of halogens is 2. The maximum Gasteiger partial charge on any atom is 0.246 e. The summed E-state index contributed by atoms with van der Waals surface area (Å²) >= 11 is 1.53. The highest BCUT2D eigenvalue weighted by Crippen LogP contribution is 2.22. The molecule has 2 aromatic rings. The number of carbonyl (C=O) groups is 1. The molecule has 0 N–H and O–H groups in total. The minimum Gasteiger partial charge on any atom is -0.337 e. The maximum absolute atomic E-state index is 13.8. The van der Waals surface area contributed by atoms with Crippen molar-refractivity contribution in [2.45, 2.75) is 11.8 Å². The molecule has 1 saturated heterocycles. The number of thiophene rings is 1. The summed E-state index contributed by atoms with van der Waals surface area (Å²) in [5.74, 6) is -2.03. The zero-order chi connectivity index (χ0) is 19.6. The van der Waals surface area contributed by atoms with Crippen molar-refractivity contribution in [1.29, 1.82) is 0 Å². The predicted molar refractivity (Wildman–Crippen MR) is 99.8 cm³/mol. The van der Waals surface area contributed by atoms with Crippen molar-refractivity contribution in [1.82, 2.24) is 9.21 Å². The van der Waals surface area contributed by atoms with Gasteiger partial charge in [-0.1, -0.05) is 0 Å². The normalized spacial score (nSPS) is 16.2. The van der Waals surface area contributed by atoms with E-state index in [9.17, 15) is 22.0 Å². The molecule has 0 saturated carbocycles. The number of benzene rings is 1. The van der Waals surface area contributed by atoms with Crippen molar-refractivity contribution < 1.29 is 22.0 Å². The zero-order valence-electron chi connectivity index (χ0n) is 14.6. The molecule has 2 heterocycles. The van der Waals surface area contributed by atoms with Gasteiger partial charge in [0.25, 0.3) is 0 Å². The number of piperazine rings is 1.